The van der Waals surface area contributed by atoms with Gasteiger partial charge in [-0.2, -0.15) is 0 Å². The summed E-state index contributed by atoms with van der Waals surface area (Å²) in [5, 5.41) is 11.7. The fourth-order valence-electron chi connectivity index (χ4n) is 2.21. The maximum absolute atomic E-state index is 12.1. The van der Waals surface area contributed by atoms with Crippen LogP contribution in [0.3, 0.4) is 0 Å². The fraction of sp³-hybridized carbons (Fsp3) is 0.300. The highest BCUT2D eigenvalue weighted by Crippen LogP contribution is 2.34. The number of carbonyl (C=O) groups is 2. The molecule has 0 fully saturated rings. The maximum Gasteiger partial charge on any atom is 0.338 e. The van der Waals surface area contributed by atoms with Gasteiger partial charge in [0.25, 0.3) is 0 Å². The van der Waals surface area contributed by atoms with Gasteiger partial charge in [-0.15, -0.1) is 4.91 Å². The highest BCUT2D eigenvalue weighted by Gasteiger charge is 2.15. The smallest absolute Gasteiger partial charge is 0.338 e. The second-order valence-corrected chi connectivity index (χ2v) is 7.90. The van der Waals surface area contributed by atoms with Crippen LogP contribution in [0.15, 0.2) is 51.4 Å². The number of hydrogen-bond donors (Lipinski definition) is 1. The quantitative estimate of drug-likeness (QED) is 0.0860. The van der Waals surface area contributed by atoms with E-state index in [9.17, 15) is 14.5 Å². The Bertz CT molecular complexity index is 884. The standard InChI is InChI=1S/C20H19Cl4NO6/c1-12(21)7-13(8-15(22)11-26)19(27)30-5-3-2-4-6-31-20(28)14-9-16(23)18(25-29)17(24)10-14/h7-11,26H,2-6H2,1H3/b12-7+,13-8+,15-11-. The first-order valence-electron chi connectivity index (χ1n) is 8.91. The molecule has 0 aliphatic heterocycles. The van der Waals surface area contributed by atoms with Crippen LogP contribution >= 0.6 is 46.4 Å². The van der Waals surface area contributed by atoms with Crippen molar-refractivity contribution in [3.63, 3.8) is 0 Å². The van der Waals surface area contributed by atoms with Gasteiger partial charge in [-0.1, -0.05) is 46.4 Å². The van der Waals surface area contributed by atoms with Crippen molar-refractivity contribution in [1.29, 1.82) is 0 Å². The number of hydrogen-bond acceptors (Lipinski definition) is 7. The number of nitroso groups, excluding NO2 is 1. The molecule has 1 N–H and O–H groups in total. The van der Waals surface area contributed by atoms with E-state index in [-0.39, 0.29) is 45.1 Å². The molecule has 11 heteroatoms. The molecule has 1 aromatic rings. The Labute approximate surface area is 199 Å². The van der Waals surface area contributed by atoms with Gasteiger partial charge in [-0.05, 0) is 55.6 Å². The lowest BCUT2D eigenvalue weighted by molar-refractivity contribution is -0.138. The van der Waals surface area contributed by atoms with Gasteiger partial charge in [-0.3, -0.25) is 0 Å². The van der Waals surface area contributed by atoms with Crippen LogP contribution < -0.4 is 0 Å². The summed E-state index contributed by atoms with van der Waals surface area (Å²) in [5.74, 6) is -1.28. The van der Waals surface area contributed by atoms with Gasteiger partial charge >= 0.3 is 11.9 Å². The Kier molecular flexibility index (Phi) is 12.3. The molecule has 7 nitrogen and oxygen atoms in total. The van der Waals surface area contributed by atoms with Crippen molar-refractivity contribution in [2.45, 2.75) is 26.2 Å². The zero-order valence-corrected chi connectivity index (χ0v) is 19.4. The van der Waals surface area contributed by atoms with Crippen LogP contribution in [0.5, 0.6) is 0 Å². The SMILES string of the molecule is C\C(Cl)=C/C(=C\C(Cl)=C\O)C(=O)OCCCCCOC(=O)c1cc(Cl)c(N=O)c(Cl)c1. The lowest BCUT2D eigenvalue weighted by Crippen LogP contribution is -2.09. The van der Waals surface area contributed by atoms with Crippen molar-refractivity contribution < 1.29 is 24.2 Å². The van der Waals surface area contributed by atoms with Gasteiger partial charge in [0, 0.05) is 5.03 Å². The average Bonchev–Trinajstić information content (AvgIpc) is 2.71. The van der Waals surface area contributed by atoms with Crippen LogP contribution in [0.2, 0.25) is 10.0 Å². The van der Waals surface area contributed by atoms with Crippen molar-refractivity contribution in [2.24, 2.45) is 5.18 Å². The van der Waals surface area contributed by atoms with Crippen molar-refractivity contribution >= 4 is 64.0 Å². The van der Waals surface area contributed by atoms with Gasteiger partial charge in [0.2, 0.25) is 0 Å². The predicted octanol–water partition coefficient (Wildman–Crippen LogP) is 6.97. The second-order valence-electron chi connectivity index (χ2n) is 6.06. The molecule has 0 radical (unpaired) electrons. The summed E-state index contributed by atoms with van der Waals surface area (Å²) in [5.41, 5.74) is 0.0533. The zero-order chi connectivity index (χ0) is 23.4. The minimum absolute atomic E-state index is 0.0420. The van der Waals surface area contributed by atoms with Crippen LogP contribution in [0.25, 0.3) is 0 Å². The summed E-state index contributed by atoms with van der Waals surface area (Å²) in [6.07, 6.45) is 4.92. The monoisotopic (exact) mass is 509 g/mol. The number of rotatable bonds is 11. The third kappa shape index (κ3) is 9.74. The largest absolute Gasteiger partial charge is 0.514 e. The van der Waals surface area contributed by atoms with E-state index < -0.39 is 11.9 Å². The number of halogens is 4. The molecular weight excluding hydrogens is 492 g/mol. The summed E-state index contributed by atoms with van der Waals surface area (Å²) in [6, 6.07) is 2.51. The molecule has 0 heterocycles. The topological polar surface area (TPSA) is 102 Å². The first-order chi connectivity index (χ1) is 14.7. The number of aliphatic hydroxyl groups is 1. The molecule has 0 aromatic heterocycles. The molecule has 0 saturated carbocycles. The van der Waals surface area contributed by atoms with E-state index >= 15 is 0 Å². The van der Waals surface area contributed by atoms with E-state index in [0.29, 0.717) is 30.6 Å². The van der Waals surface area contributed by atoms with Crippen LogP contribution in [0, 0.1) is 4.91 Å². The third-order valence-electron chi connectivity index (χ3n) is 3.61. The lowest BCUT2D eigenvalue weighted by atomic mass is 10.2. The van der Waals surface area contributed by atoms with E-state index in [1.165, 1.54) is 24.3 Å². The summed E-state index contributed by atoms with van der Waals surface area (Å²) in [4.78, 5) is 34.7. The Morgan fingerprint density at radius 3 is 2.13 bits per heavy atom. The number of allylic oxidation sites excluding steroid dienone is 3. The third-order valence-corrected chi connectivity index (χ3v) is 4.50. The van der Waals surface area contributed by atoms with Gasteiger partial charge in [-0.25, -0.2) is 9.59 Å². The van der Waals surface area contributed by atoms with E-state index in [4.69, 9.17) is 61.0 Å². The Morgan fingerprint density at radius 2 is 1.61 bits per heavy atom. The first-order valence-corrected chi connectivity index (χ1v) is 10.4. The summed E-state index contributed by atoms with van der Waals surface area (Å²) >= 11 is 23.2. The van der Waals surface area contributed by atoms with Crippen molar-refractivity contribution in [3.8, 4) is 0 Å². The molecule has 0 saturated heterocycles. The number of nitrogens with zero attached hydrogens (tertiary/aromatic N) is 1. The predicted molar refractivity (Wildman–Crippen MR) is 121 cm³/mol. The molecule has 0 bridgehead atoms. The normalized spacial score (nSPS) is 12.5. The molecule has 0 atom stereocenters. The summed E-state index contributed by atoms with van der Waals surface area (Å²) in [7, 11) is 0. The number of benzene rings is 1. The number of carbonyl (C=O) groups excluding carboxylic acids is 2. The minimum Gasteiger partial charge on any atom is -0.514 e. The van der Waals surface area contributed by atoms with E-state index in [1.54, 1.807) is 6.92 Å². The number of unbranched alkanes of at least 4 members (excludes halogenated alkanes) is 2. The van der Waals surface area contributed by atoms with Gasteiger partial charge < -0.3 is 14.6 Å². The molecule has 0 unspecified atom stereocenters. The van der Waals surface area contributed by atoms with Crippen LogP contribution in [-0.2, 0) is 14.3 Å². The average molecular weight is 511 g/mol. The zero-order valence-electron chi connectivity index (χ0n) is 16.4. The number of esters is 2. The number of ether oxygens (including phenoxy) is 2. The first kappa shape index (κ1) is 27.0. The molecular formula is C20H19Cl4NO6. The second kappa shape index (κ2) is 14.1. The molecule has 0 aliphatic rings. The van der Waals surface area contributed by atoms with Gasteiger partial charge in [0.05, 0.1) is 45.7 Å². The van der Waals surface area contributed by atoms with E-state index in [2.05, 4.69) is 5.18 Å². The van der Waals surface area contributed by atoms with Crippen LogP contribution in [0.4, 0.5) is 5.69 Å². The van der Waals surface area contributed by atoms with Crippen molar-refractivity contribution in [2.75, 3.05) is 13.2 Å². The van der Waals surface area contributed by atoms with E-state index in [1.807, 2.05) is 0 Å². The highest BCUT2D eigenvalue weighted by molar-refractivity contribution is 6.39. The molecule has 1 rings (SSSR count). The van der Waals surface area contributed by atoms with Crippen molar-refractivity contribution in [3.05, 3.63) is 66.7 Å². The molecule has 168 valence electrons. The molecule has 0 amide bonds. The fourth-order valence-corrected chi connectivity index (χ4v) is 3.00. The highest BCUT2D eigenvalue weighted by atomic mass is 35.5. The van der Waals surface area contributed by atoms with E-state index in [0.717, 1.165) is 0 Å². The van der Waals surface area contributed by atoms with Crippen LogP contribution in [0.1, 0.15) is 36.5 Å². The molecule has 0 aliphatic carbocycles. The molecule has 1 aromatic carbocycles. The van der Waals surface area contributed by atoms with Crippen molar-refractivity contribution in [1.82, 2.24) is 0 Å². The Hall–Kier alpha value is -2.06. The molecule has 31 heavy (non-hydrogen) atoms. The van der Waals surface area contributed by atoms with Gasteiger partial charge in [0.1, 0.15) is 5.69 Å². The number of aliphatic hydroxyl groups excluding tert-OH is 1. The minimum atomic E-state index is -0.645. The summed E-state index contributed by atoms with van der Waals surface area (Å²) < 4.78 is 10.3. The Morgan fingerprint density at radius 1 is 1.03 bits per heavy atom. The summed E-state index contributed by atoms with van der Waals surface area (Å²) in [6.45, 7) is 1.84. The molecule has 0 spiro atoms. The Balaban J connectivity index is 2.40. The van der Waals surface area contributed by atoms with Gasteiger partial charge in [0.15, 0.2) is 0 Å². The van der Waals surface area contributed by atoms with Crippen LogP contribution in [-0.4, -0.2) is 30.3 Å². The lowest BCUT2D eigenvalue weighted by Gasteiger charge is -2.08. The maximum atomic E-state index is 12.1.